The average molecular weight is 275 g/mol. The predicted molar refractivity (Wildman–Crippen MR) is 56.5 cm³/mol. The molecule has 1 aromatic rings. The number of carbonyl (C=O) groups excluding carboxylic acids is 1. The number of carbonyl (C=O) groups is 2. The average Bonchev–Trinajstić information content (AvgIpc) is 2.29. The molecule has 1 N–H and O–H groups in total. The van der Waals surface area contributed by atoms with E-state index in [1.807, 2.05) is 0 Å². The molecule has 0 amide bonds. The lowest BCUT2D eigenvalue weighted by molar-refractivity contribution is -0.385. The molecule has 0 radical (unpaired) electrons. The summed E-state index contributed by atoms with van der Waals surface area (Å²) in [5, 5.41) is 19.3. The maximum absolute atomic E-state index is 12.1. The highest BCUT2D eigenvalue weighted by atomic mass is 19.3. The zero-order valence-corrected chi connectivity index (χ0v) is 9.21. The number of carboxylic acid groups (broad SMARTS) is 1. The molecule has 0 saturated heterocycles. The van der Waals surface area contributed by atoms with Crippen LogP contribution in [0.15, 0.2) is 12.1 Å². The van der Waals surface area contributed by atoms with E-state index in [4.69, 9.17) is 5.11 Å². The van der Waals surface area contributed by atoms with Gasteiger partial charge in [0.05, 0.1) is 16.9 Å². The number of alkyl halides is 2. The Kier molecular flexibility index (Phi) is 4.46. The fourth-order valence-corrected chi connectivity index (χ4v) is 1.46. The minimum atomic E-state index is -3.24. The number of benzene rings is 1. The van der Waals surface area contributed by atoms with Crippen molar-refractivity contribution in [3.8, 4) is 5.75 Å². The molecule has 0 atom stereocenters. The van der Waals surface area contributed by atoms with Gasteiger partial charge in [-0.15, -0.1) is 0 Å². The van der Waals surface area contributed by atoms with Crippen LogP contribution in [0, 0.1) is 10.1 Å². The van der Waals surface area contributed by atoms with Gasteiger partial charge in [0.1, 0.15) is 5.75 Å². The molecule has 1 aromatic carbocycles. The van der Waals surface area contributed by atoms with Gasteiger partial charge in [-0.05, 0) is 6.07 Å². The molecule has 7 nitrogen and oxygen atoms in total. The number of hydrogen-bond acceptors (Lipinski definition) is 5. The molecule has 0 fully saturated rings. The summed E-state index contributed by atoms with van der Waals surface area (Å²) in [6, 6.07) is 1.63. The molecular weight excluding hydrogens is 268 g/mol. The first-order chi connectivity index (χ1) is 8.86. The van der Waals surface area contributed by atoms with Gasteiger partial charge < -0.3 is 9.84 Å². The number of aldehydes is 1. The van der Waals surface area contributed by atoms with E-state index in [0.717, 1.165) is 12.1 Å². The zero-order chi connectivity index (χ0) is 14.6. The third kappa shape index (κ3) is 3.44. The van der Waals surface area contributed by atoms with E-state index in [1.165, 1.54) is 0 Å². The first-order valence-corrected chi connectivity index (χ1v) is 4.78. The number of aliphatic carboxylic acids is 1. The minimum absolute atomic E-state index is 0.0364. The third-order valence-corrected chi connectivity index (χ3v) is 2.15. The van der Waals surface area contributed by atoms with Gasteiger partial charge in [0.15, 0.2) is 6.29 Å². The van der Waals surface area contributed by atoms with Crippen molar-refractivity contribution in [2.75, 3.05) is 0 Å². The minimum Gasteiger partial charge on any atom is -0.481 e. The Bertz CT molecular complexity index is 531. The molecule has 0 bridgehead atoms. The van der Waals surface area contributed by atoms with Crippen LogP contribution in [0.4, 0.5) is 14.5 Å². The molecule has 0 heterocycles. The van der Waals surface area contributed by atoms with Crippen LogP contribution in [-0.2, 0) is 11.2 Å². The molecule has 0 unspecified atom stereocenters. The highest BCUT2D eigenvalue weighted by Crippen LogP contribution is 2.30. The summed E-state index contributed by atoms with van der Waals surface area (Å²) in [7, 11) is 0. The lowest BCUT2D eigenvalue weighted by Crippen LogP contribution is -2.11. The van der Waals surface area contributed by atoms with E-state index in [9.17, 15) is 28.5 Å². The molecule has 9 heteroatoms. The predicted octanol–water partition coefficient (Wildman–Crippen LogP) is 1.64. The van der Waals surface area contributed by atoms with E-state index >= 15 is 0 Å². The number of ether oxygens (including phenoxy) is 1. The maximum atomic E-state index is 12.1. The number of carboxylic acids is 1. The molecule has 19 heavy (non-hydrogen) atoms. The van der Waals surface area contributed by atoms with E-state index < -0.39 is 46.5 Å². The molecular formula is C10H7F2NO6. The highest BCUT2D eigenvalue weighted by molar-refractivity contribution is 5.87. The van der Waals surface area contributed by atoms with Crippen LogP contribution in [-0.4, -0.2) is 28.9 Å². The quantitative estimate of drug-likeness (QED) is 0.480. The number of rotatable bonds is 6. The Labute approximate surface area is 104 Å². The number of nitro benzene ring substituents is 1. The number of nitrogens with zero attached hydrogens (tertiary/aromatic N) is 1. The van der Waals surface area contributed by atoms with Crippen molar-refractivity contribution >= 4 is 17.9 Å². The van der Waals surface area contributed by atoms with Crippen LogP contribution in [0.25, 0.3) is 0 Å². The number of nitro groups is 1. The molecule has 102 valence electrons. The van der Waals surface area contributed by atoms with Crippen molar-refractivity contribution in [2.24, 2.45) is 0 Å². The summed E-state index contributed by atoms with van der Waals surface area (Å²) in [4.78, 5) is 31.2. The summed E-state index contributed by atoms with van der Waals surface area (Å²) in [5.41, 5.74) is -1.73. The smallest absolute Gasteiger partial charge is 0.387 e. The molecule has 0 aliphatic heterocycles. The fourth-order valence-electron chi connectivity index (χ4n) is 1.46. The van der Waals surface area contributed by atoms with E-state index in [2.05, 4.69) is 4.74 Å². The second-order valence-corrected chi connectivity index (χ2v) is 3.30. The largest absolute Gasteiger partial charge is 0.481 e. The Balaban J connectivity index is 3.45. The van der Waals surface area contributed by atoms with Crippen LogP contribution >= 0.6 is 0 Å². The van der Waals surface area contributed by atoms with Crippen LogP contribution in [0.3, 0.4) is 0 Å². The summed E-state index contributed by atoms with van der Waals surface area (Å²) in [6.45, 7) is -3.24. The van der Waals surface area contributed by atoms with E-state index in [0.29, 0.717) is 0 Å². The van der Waals surface area contributed by atoms with Crippen molar-refractivity contribution < 1.29 is 33.1 Å². The van der Waals surface area contributed by atoms with Crippen LogP contribution in [0.2, 0.25) is 0 Å². The lowest BCUT2D eigenvalue weighted by atomic mass is 10.0. The fraction of sp³-hybridized carbons (Fsp3) is 0.200. The number of hydrogen-bond donors (Lipinski definition) is 1. The van der Waals surface area contributed by atoms with Crippen LogP contribution in [0.1, 0.15) is 15.9 Å². The Morgan fingerprint density at radius 2 is 2.16 bits per heavy atom. The standard InChI is InChI=1S/C10H7F2NO6/c11-10(12)19-8-2-1-7(13(17)18)6(4-14)5(8)3-9(15)16/h1-2,4,10H,3H2,(H,15,16). The topological polar surface area (TPSA) is 107 Å². The van der Waals surface area contributed by atoms with Crippen LogP contribution < -0.4 is 4.74 Å². The molecule has 0 spiro atoms. The van der Waals surface area contributed by atoms with Gasteiger partial charge in [-0.3, -0.25) is 19.7 Å². The summed E-state index contributed by atoms with van der Waals surface area (Å²) in [6.07, 6.45) is -0.813. The van der Waals surface area contributed by atoms with Crippen molar-refractivity contribution in [3.63, 3.8) is 0 Å². The first kappa shape index (κ1) is 14.5. The van der Waals surface area contributed by atoms with Gasteiger partial charge in [0.25, 0.3) is 5.69 Å². The Morgan fingerprint density at radius 3 is 2.58 bits per heavy atom. The van der Waals surface area contributed by atoms with Crippen molar-refractivity contribution in [1.29, 1.82) is 0 Å². The molecule has 0 aliphatic rings. The highest BCUT2D eigenvalue weighted by Gasteiger charge is 2.24. The monoisotopic (exact) mass is 275 g/mol. The normalized spacial score (nSPS) is 10.3. The van der Waals surface area contributed by atoms with Gasteiger partial charge >= 0.3 is 12.6 Å². The van der Waals surface area contributed by atoms with Gasteiger partial charge in [-0.1, -0.05) is 0 Å². The summed E-state index contributed by atoms with van der Waals surface area (Å²) >= 11 is 0. The number of halogens is 2. The molecule has 0 saturated carbocycles. The van der Waals surface area contributed by atoms with Crippen molar-refractivity contribution in [3.05, 3.63) is 33.4 Å². The van der Waals surface area contributed by atoms with Gasteiger partial charge in [-0.25, -0.2) is 0 Å². The summed E-state index contributed by atoms with van der Waals surface area (Å²) < 4.78 is 28.3. The van der Waals surface area contributed by atoms with Gasteiger partial charge in [0, 0.05) is 11.6 Å². The third-order valence-electron chi connectivity index (χ3n) is 2.15. The Morgan fingerprint density at radius 1 is 1.53 bits per heavy atom. The molecule has 0 aliphatic carbocycles. The second-order valence-electron chi connectivity index (χ2n) is 3.30. The molecule has 1 rings (SSSR count). The lowest BCUT2D eigenvalue weighted by Gasteiger charge is -2.11. The first-order valence-electron chi connectivity index (χ1n) is 4.78. The van der Waals surface area contributed by atoms with Gasteiger partial charge in [0.2, 0.25) is 0 Å². The SMILES string of the molecule is O=Cc1c([N+](=O)[O-])ccc(OC(F)F)c1CC(=O)O. The summed E-state index contributed by atoms with van der Waals surface area (Å²) in [5.74, 6) is -2.02. The van der Waals surface area contributed by atoms with Gasteiger partial charge in [-0.2, -0.15) is 8.78 Å². The van der Waals surface area contributed by atoms with Crippen LogP contribution in [0.5, 0.6) is 5.75 Å². The molecule has 0 aromatic heterocycles. The Hall–Kier alpha value is -2.58. The van der Waals surface area contributed by atoms with E-state index in [1.54, 1.807) is 0 Å². The van der Waals surface area contributed by atoms with E-state index in [-0.39, 0.29) is 6.29 Å². The van der Waals surface area contributed by atoms with Crippen molar-refractivity contribution in [1.82, 2.24) is 0 Å². The second kappa shape index (κ2) is 5.85. The zero-order valence-electron chi connectivity index (χ0n) is 9.21. The van der Waals surface area contributed by atoms with Crippen molar-refractivity contribution in [2.45, 2.75) is 13.0 Å². The maximum Gasteiger partial charge on any atom is 0.387 e.